The lowest BCUT2D eigenvalue weighted by Crippen LogP contribution is -2.74. The second kappa shape index (κ2) is 15.3. The number of piperidine rings is 2. The second-order valence-electron chi connectivity index (χ2n) is 19.4. The van der Waals surface area contributed by atoms with E-state index in [-0.39, 0.29) is 0 Å². The summed E-state index contributed by atoms with van der Waals surface area (Å²) >= 11 is 0. The zero-order chi connectivity index (χ0) is 44.1. The summed E-state index contributed by atoms with van der Waals surface area (Å²) in [5, 5.41) is 10.2. The molecule has 0 N–H and O–H groups in total. The molecule has 0 amide bonds. The van der Waals surface area contributed by atoms with Gasteiger partial charge in [0.05, 0.1) is 22.1 Å². The second-order valence-corrected chi connectivity index (χ2v) is 23.2. The number of nitrogens with zero attached hydrogens (tertiary/aromatic N) is 5. The van der Waals surface area contributed by atoms with Gasteiger partial charge >= 0.3 is 0 Å². The molecule has 2 saturated heterocycles. The molecule has 6 heteroatoms. The Balaban J connectivity index is 1.03. The van der Waals surface area contributed by atoms with E-state index in [9.17, 15) is 0 Å². The van der Waals surface area contributed by atoms with Gasteiger partial charge in [-0.05, 0) is 95.0 Å². The maximum Gasteiger partial charge on any atom is 0.179 e. The molecule has 5 nitrogen and oxygen atoms in total. The van der Waals surface area contributed by atoms with Gasteiger partial charge in [0.15, 0.2) is 13.9 Å². The first-order chi connectivity index (χ1) is 33.2. The van der Waals surface area contributed by atoms with Crippen molar-refractivity contribution < 1.29 is 0 Å². The maximum atomic E-state index is 5.71. The van der Waals surface area contributed by atoms with E-state index in [1.165, 1.54) is 85.6 Å². The zero-order valence-electron chi connectivity index (χ0n) is 37.3. The molecule has 322 valence electrons. The number of anilines is 1. The van der Waals surface area contributed by atoms with Crippen molar-refractivity contribution in [1.82, 2.24) is 19.1 Å². The number of rotatable bonds is 8. The average Bonchev–Trinajstić information content (AvgIpc) is 3.90. The standard InChI is InChI=1S/C61H49N5Si/c1-4-18-47(19-5-1)67(48-20-6-2-7-21-48,49-22-8-3-9-23-49)50-24-16-17-43(38-50)61-62-59(65-55-28-13-10-25-51(55)52-26-11-14-29-56(52)65)40-60(63-61)66-57-30-15-12-27-53(57)54-32-31-44(39-58(54)66)64-45-34-41-33-42(36-45)37-46(64)35-41/h1-32,38-42,45-46H,33-37H2. The van der Waals surface area contributed by atoms with Gasteiger partial charge in [-0.1, -0.05) is 176 Å². The van der Waals surface area contributed by atoms with E-state index < -0.39 is 8.07 Å². The first-order valence-corrected chi connectivity index (χ1v) is 26.2. The number of benzene rings is 8. The van der Waals surface area contributed by atoms with Crippen molar-refractivity contribution in [2.24, 2.45) is 11.8 Å². The van der Waals surface area contributed by atoms with Crippen LogP contribution in [0.4, 0.5) is 5.69 Å². The van der Waals surface area contributed by atoms with E-state index in [1.54, 1.807) is 0 Å². The minimum absolute atomic E-state index is 0.629. The predicted octanol–water partition coefficient (Wildman–Crippen LogP) is 11.5. The smallest absolute Gasteiger partial charge is 0.179 e. The molecular weight excluding hydrogens is 831 g/mol. The van der Waals surface area contributed by atoms with E-state index in [4.69, 9.17) is 9.97 Å². The van der Waals surface area contributed by atoms with Crippen LogP contribution in [0.25, 0.3) is 66.6 Å². The Hall–Kier alpha value is -7.54. The first-order valence-electron chi connectivity index (χ1n) is 24.2. The van der Waals surface area contributed by atoms with Crippen molar-refractivity contribution in [3.63, 3.8) is 0 Å². The summed E-state index contributed by atoms with van der Waals surface area (Å²) < 4.78 is 4.77. The molecule has 11 aromatic rings. The molecule has 0 atom stereocenters. The third-order valence-corrected chi connectivity index (χ3v) is 20.5. The summed E-state index contributed by atoms with van der Waals surface area (Å²) in [5.74, 6) is 4.18. The Kier molecular flexibility index (Phi) is 8.81. The van der Waals surface area contributed by atoms with Crippen LogP contribution >= 0.6 is 0 Å². The predicted molar refractivity (Wildman–Crippen MR) is 280 cm³/mol. The van der Waals surface area contributed by atoms with Crippen LogP contribution in [-0.2, 0) is 0 Å². The summed E-state index contributed by atoms with van der Waals surface area (Å²) in [4.78, 5) is 14.2. The Labute approximate surface area is 391 Å². The fourth-order valence-corrected chi connectivity index (χ4v) is 18.0. The van der Waals surface area contributed by atoms with Crippen molar-refractivity contribution in [3.8, 4) is 23.0 Å². The lowest BCUT2D eigenvalue weighted by atomic mass is 9.63. The quantitative estimate of drug-likeness (QED) is 0.113. The van der Waals surface area contributed by atoms with Crippen molar-refractivity contribution >= 4 is 78.1 Å². The van der Waals surface area contributed by atoms with Gasteiger partial charge in [0, 0.05) is 50.9 Å². The first kappa shape index (κ1) is 38.7. The van der Waals surface area contributed by atoms with Gasteiger partial charge in [-0.2, -0.15) is 0 Å². The molecule has 2 aliphatic carbocycles. The minimum atomic E-state index is -2.85. The maximum absolute atomic E-state index is 5.71. The highest BCUT2D eigenvalue weighted by Crippen LogP contribution is 2.51. The summed E-state index contributed by atoms with van der Waals surface area (Å²) in [6.07, 6.45) is 6.75. The van der Waals surface area contributed by atoms with Gasteiger partial charge < -0.3 is 4.90 Å². The van der Waals surface area contributed by atoms with Crippen LogP contribution in [0.1, 0.15) is 32.1 Å². The summed E-state index contributed by atoms with van der Waals surface area (Å²) in [7, 11) is -2.85. The average molecular weight is 880 g/mol. The number of hydrogen-bond acceptors (Lipinski definition) is 3. The van der Waals surface area contributed by atoms with E-state index in [0.29, 0.717) is 17.9 Å². The molecular formula is C61H49N5Si. The molecule has 8 aromatic carbocycles. The van der Waals surface area contributed by atoms with Gasteiger partial charge in [0.2, 0.25) is 0 Å². The van der Waals surface area contributed by atoms with E-state index >= 15 is 0 Å². The monoisotopic (exact) mass is 879 g/mol. The van der Waals surface area contributed by atoms with Gasteiger partial charge in [0.25, 0.3) is 0 Å². The molecule has 5 heterocycles. The van der Waals surface area contributed by atoms with Gasteiger partial charge in [-0.3, -0.25) is 9.13 Å². The van der Waals surface area contributed by atoms with Crippen LogP contribution in [0.3, 0.4) is 0 Å². The highest BCUT2D eigenvalue weighted by molar-refractivity contribution is 7.19. The molecule has 4 aliphatic rings. The van der Waals surface area contributed by atoms with Gasteiger partial charge in [0.1, 0.15) is 11.6 Å². The lowest BCUT2D eigenvalue weighted by Gasteiger charge is -2.57. The van der Waals surface area contributed by atoms with Crippen molar-refractivity contribution in [2.75, 3.05) is 4.90 Å². The van der Waals surface area contributed by atoms with Crippen molar-refractivity contribution in [2.45, 2.75) is 44.2 Å². The number of aromatic nitrogens is 4. The lowest BCUT2D eigenvalue weighted by molar-refractivity contribution is 0.0900. The third kappa shape index (κ3) is 5.98. The van der Waals surface area contributed by atoms with Crippen molar-refractivity contribution in [3.05, 3.63) is 212 Å². The topological polar surface area (TPSA) is 38.9 Å². The molecule has 4 fully saturated rings. The van der Waals surface area contributed by atoms with Crippen LogP contribution in [0, 0.1) is 11.8 Å². The Morgan fingerprint density at radius 2 is 0.791 bits per heavy atom. The van der Waals surface area contributed by atoms with Crippen LogP contribution in [-0.4, -0.2) is 39.3 Å². The number of fused-ring (bicyclic) bond motifs is 6. The molecule has 67 heavy (non-hydrogen) atoms. The summed E-state index contributed by atoms with van der Waals surface area (Å²) in [6, 6.07) is 79.8. The molecule has 4 bridgehead atoms. The van der Waals surface area contributed by atoms with Gasteiger partial charge in [-0.15, -0.1) is 0 Å². The van der Waals surface area contributed by atoms with Crippen LogP contribution < -0.4 is 25.6 Å². The van der Waals surface area contributed by atoms with E-state index in [2.05, 4.69) is 226 Å². The highest BCUT2D eigenvalue weighted by Gasteiger charge is 2.47. The Bertz CT molecular complexity index is 3490. The fraction of sp³-hybridized carbons (Fsp3) is 0.148. The minimum Gasteiger partial charge on any atom is -0.365 e. The molecule has 0 radical (unpaired) electrons. The number of para-hydroxylation sites is 3. The molecule has 3 aromatic heterocycles. The Morgan fingerprint density at radius 1 is 0.358 bits per heavy atom. The molecule has 0 unspecified atom stereocenters. The zero-order valence-corrected chi connectivity index (χ0v) is 38.3. The van der Waals surface area contributed by atoms with Gasteiger partial charge in [-0.25, -0.2) is 9.97 Å². The largest absolute Gasteiger partial charge is 0.365 e. The molecule has 2 saturated carbocycles. The summed E-state index contributed by atoms with van der Waals surface area (Å²) in [6.45, 7) is 0. The van der Waals surface area contributed by atoms with Crippen LogP contribution in [0.5, 0.6) is 0 Å². The van der Waals surface area contributed by atoms with Crippen molar-refractivity contribution in [1.29, 1.82) is 0 Å². The van der Waals surface area contributed by atoms with E-state index in [0.717, 1.165) is 45.6 Å². The Morgan fingerprint density at radius 3 is 1.30 bits per heavy atom. The molecule has 0 spiro atoms. The van der Waals surface area contributed by atoms with Crippen LogP contribution in [0.15, 0.2) is 212 Å². The SMILES string of the molecule is c1ccc([Si](c2ccccc2)(c2ccccc2)c2cccc(-c3nc(-n4c5ccccc5c5ccccc54)cc(-n4c5ccccc5c5ccc(N6C7CC8CC(C7)CC6C8)cc54)n3)c2)cc1. The van der Waals surface area contributed by atoms with E-state index in [1.807, 2.05) is 0 Å². The summed E-state index contributed by atoms with van der Waals surface area (Å²) in [5.41, 5.74) is 6.90. The fourth-order valence-electron chi connectivity index (χ4n) is 13.2. The molecule has 15 rings (SSSR count). The molecule has 2 aliphatic heterocycles. The normalized spacial score (nSPS) is 19.0. The van der Waals surface area contributed by atoms with Crippen LogP contribution in [0.2, 0.25) is 0 Å². The third-order valence-electron chi connectivity index (χ3n) is 15.7. The highest BCUT2D eigenvalue weighted by atomic mass is 28.3. The number of hydrogen-bond donors (Lipinski definition) is 0.